The fraction of sp³-hybridized carbons (Fsp3) is 0.174. The quantitative estimate of drug-likeness (QED) is 0.560. The van der Waals surface area contributed by atoms with Crippen molar-refractivity contribution in [3.63, 3.8) is 0 Å². The fourth-order valence-corrected chi connectivity index (χ4v) is 3.83. The number of halogens is 1. The van der Waals surface area contributed by atoms with Gasteiger partial charge in [0.2, 0.25) is 10.0 Å². The van der Waals surface area contributed by atoms with E-state index in [1.165, 1.54) is 28.6 Å². The lowest BCUT2D eigenvalue weighted by Crippen LogP contribution is -2.29. The van der Waals surface area contributed by atoms with Gasteiger partial charge in [-0.05, 0) is 73.2 Å². The van der Waals surface area contributed by atoms with Crippen LogP contribution in [0.1, 0.15) is 22.8 Å². The first-order valence-electron chi connectivity index (χ1n) is 9.62. The summed E-state index contributed by atoms with van der Waals surface area (Å²) in [6, 6.07) is 18.9. The Balaban J connectivity index is 1.73. The number of anilines is 2. The molecule has 0 fully saturated rings. The molecule has 0 unspecified atom stereocenters. The summed E-state index contributed by atoms with van der Waals surface area (Å²) in [6.45, 7) is 2.52. The lowest BCUT2D eigenvalue weighted by molar-refractivity contribution is 0.102. The van der Waals surface area contributed by atoms with E-state index in [4.69, 9.17) is 4.74 Å². The van der Waals surface area contributed by atoms with Crippen molar-refractivity contribution in [1.29, 1.82) is 0 Å². The first-order valence-corrected chi connectivity index (χ1v) is 11.5. The van der Waals surface area contributed by atoms with Crippen LogP contribution in [0.25, 0.3) is 0 Å². The normalized spacial score (nSPS) is 11.1. The fourth-order valence-electron chi connectivity index (χ4n) is 2.94. The molecule has 0 aromatic heterocycles. The molecule has 0 aliphatic rings. The first kappa shape index (κ1) is 22.3. The largest absolute Gasteiger partial charge is 0.494 e. The van der Waals surface area contributed by atoms with E-state index in [-0.39, 0.29) is 18.3 Å². The van der Waals surface area contributed by atoms with Crippen molar-refractivity contribution in [2.75, 3.05) is 22.5 Å². The SMILES string of the molecule is CCOc1ccc(N(Cc2ccc(C(=O)Nc3ccc(F)cc3)cc2)S(C)(=O)=O)cc1. The molecule has 0 atom stereocenters. The number of benzene rings is 3. The van der Waals surface area contributed by atoms with Gasteiger partial charge in [0.05, 0.1) is 25.1 Å². The van der Waals surface area contributed by atoms with E-state index in [1.807, 2.05) is 6.92 Å². The maximum atomic E-state index is 13.0. The third-order valence-corrected chi connectivity index (χ3v) is 5.62. The monoisotopic (exact) mass is 442 g/mol. The Morgan fingerprint density at radius 1 is 0.968 bits per heavy atom. The van der Waals surface area contributed by atoms with Crippen LogP contribution in [0.3, 0.4) is 0 Å². The van der Waals surface area contributed by atoms with Crippen LogP contribution in [0.5, 0.6) is 5.75 Å². The zero-order valence-corrected chi connectivity index (χ0v) is 18.0. The summed E-state index contributed by atoms with van der Waals surface area (Å²) < 4.78 is 44.4. The predicted molar refractivity (Wildman–Crippen MR) is 119 cm³/mol. The van der Waals surface area contributed by atoms with E-state index in [0.29, 0.717) is 29.3 Å². The topological polar surface area (TPSA) is 75.7 Å². The van der Waals surface area contributed by atoms with Crippen LogP contribution in [-0.4, -0.2) is 27.2 Å². The molecule has 0 aliphatic heterocycles. The summed E-state index contributed by atoms with van der Waals surface area (Å²) in [7, 11) is -3.53. The average Bonchev–Trinajstić information content (AvgIpc) is 2.74. The second-order valence-corrected chi connectivity index (χ2v) is 8.76. The molecule has 3 rings (SSSR count). The summed E-state index contributed by atoms with van der Waals surface area (Å²) in [5.74, 6) is -0.0637. The minimum Gasteiger partial charge on any atom is -0.494 e. The second kappa shape index (κ2) is 9.61. The van der Waals surface area contributed by atoms with Crippen molar-refractivity contribution in [3.05, 3.63) is 89.7 Å². The molecule has 0 heterocycles. The van der Waals surface area contributed by atoms with Crippen LogP contribution in [-0.2, 0) is 16.6 Å². The van der Waals surface area contributed by atoms with Gasteiger partial charge in [-0.2, -0.15) is 0 Å². The summed E-state index contributed by atoms with van der Waals surface area (Å²) in [6.07, 6.45) is 1.15. The standard InChI is InChI=1S/C23H23FN2O4S/c1-3-30-22-14-12-21(13-15-22)26(31(2,28)29)16-17-4-6-18(7-5-17)23(27)25-20-10-8-19(24)9-11-20/h4-15H,3,16H2,1-2H3,(H,25,27). The molecule has 0 radical (unpaired) electrons. The molecular weight excluding hydrogens is 419 g/mol. The van der Waals surface area contributed by atoms with Crippen molar-refractivity contribution < 1.29 is 22.3 Å². The number of ether oxygens (including phenoxy) is 1. The molecule has 1 amide bonds. The van der Waals surface area contributed by atoms with Crippen LogP contribution in [0.2, 0.25) is 0 Å². The smallest absolute Gasteiger partial charge is 0.255 e. The number of amides is 1. The van der Waals surface area contributed by atoms with E-state index in [2.05, 4.69) is 5.32 Å². The molecule has 31 heavy (non-hydrogen) atoms. The van der Waals surface area contributed by atoms with Crippen LogP contribution >= 0.6 is 0 Å². The summed E-state index contributed by atoms with van der Waals surface area (Å²) in [5.41, 5.74) is 2.12. The zero-order valence-electron chi connectivity index (χ0n) is 17.2. The molecule has 0 aliphatic carbocycles. The van der Waals surface area contributed by atoms with Crippen LogP contribution in [0, 0.1) is 5.82 Å². The zero-order chi connectivity index (χ0) is 22.4. The molecule has 3 aromatic rings. The van der Waals surface area contributed by atoms with Gasteiger partial charge in [0.15, 0.2) is 0 Å². The van der Waals surface area contributed by atoms with Gasteiger partial charge in [-0.1, -0.05) is 12.1 Å². The van der Waals surface area contributed by atoms with Gasteiger partial charge in [-0.25, -0.2) is 12.8 Å². The number of rotatable bonds is 8. The Morgan fingerprint density at radius 3 is 2.13 bits per heavy atom. The van der Waals surface area contributed by atoms with Crippen LogP contribution < -0.4 is 14.4 Å². The van der Waals surface area contributed by atoms with Gasteiger partial charge in [-0.15, -0.1) is 0 Å². The second-order valence-electron chi connectivity index (χ2n) is 6.85. The number of hydrogen-bond donors (Lipinski definition) is 1. The Morgan fingerprint density at radius 2 is 1.58 bits per heavy atom. The first-order chi connectivity index (χ1) is 14.8. The van der Waals surface area contributed by atoms with Crippen molar-refractivity contribution in [3.8, 4) is 5.75 Å². The van der Waals surface area contributed by atoms with E-state index in [9.17, 15) is 17.6 Å². The van der Waals surface area contributed by atoms with Gasteiger partial charge in [0.25, 0.3) is 5.91 Å². The highest BCUT2D eigenvalue weighted by atomic mass is 32.2. The number of hydrogen-bond acceptors (Lipinski definition) is 4. The molecule has 3 aromatic carbocycles. The number of carbonyl (C=O) groups excluding carboxylic acids is 1. The Hall–Kier alpha value is -3.39. The van der Waals surface area contributed by atoms with Gasteiger partial charge < -0.3 is 10.1 Å². The maximum absolute atomic E-state index is 13.0. The van der Waals surface area contributed by atoms with Gasteiger partial charge in [0.1, 0.15) is 11.6 Å². The van der Waals surface area contributed by atoms with Crippen molar-refractivity contribution >= 4 is 27.3 Å². The number of nitrogens with zero attached hydrogens (tertiary/aromatic N) is 1. The molecule has 8 heteroatoms. The molecule has 6 nitrogen and oxygen atoms in total. The maximum Gasteiger partial charge on any atom is 0.255 e. The lowest BCUT2D eigenvalue weighted by atomic mass is 10.1. The molecule has 0 saturated heterocycles. The molecular formula is C23H23FN2O4S. The van der Waals surface area contributed by atoms with Gasteiger partial charge in [0, 0.05) is 11.3 Å². The van der Waals surface area contributed by atoms with E-state index >= 15 is 0 Å². The molecule has 0 bridgehead atoms. The molecule has 1 N–H and O–H groups in total. The Bertz CT molecular complexity index is 1130. The third kappa shape index (κ3) is 6.05. The van der Waals surface area contributed by atoms with Crippen LogP contribution in [0.4, 0.5) is 15.8 Å². The van der Waals surface area contributed by atoms with Crippen molar-refractivity contribution in [1.82, 2.24) is 0 Å². The highest BCUT2D eigenvalue weighted by molar-refractivity contribution is 7.92. The predicted octanol–water partition coefficient (Wildman–Crippen LogP) is 4.44. The lowest BCUT2D eigenvalue weighted by Gasteiger charge is -2.23. The summed E-state index contributed by atoms with van der Waals surface area (Å²) in [4.78, 5) is 12.4. The highest BCUT2D eigenvalue weighted by Gasteiger charge is 2.18. The van der Waals surface area contributed by atoms with Gasteiger partial charge >= 0.3 is 0 Å². The Labute approximate surface area is 181 Å². The van der Waals surface area contributed by atoms with E-state index in [0.717, 1.165) is 11.8 Å². The van der Waals surface area contributed by atoms with Crippen molar-refractivity contribution in [2.24, 2.45) is 0 Å². The number of carbonyl (C=O) groups is 1. The number of nitrogens with one attached hydrogen (secondary N) is 1. The third-order valence-electron chi connectivity index (χ3n) is 4.48. The summed E-state index contributed by atoms with van der Waals surface area (Å²) >= 11 is 0. The highest BCUT2D eigenvalue weighted by Crippen LogP contribution is 2.24. The minimum atomic E-state index is -3.53. The molecule has 0 saturated carbocycles. The van der Waals surface area contributed by atoms with E-state index < -0.39 is 10.0 Å². The molecule has 0 spiro atoms. The van der Waals surface area contributed by atoms with Crippen LogP contribution in [0.15, 0.2) is 72.8 Å². The Kier molecular flexibility index (Phi) is 6.91. The minimum absolute atomic E-state index is 0.118. The van der Waals surface area contributed by atoms with E-state index in [1.54, 1.807) is 48.5 Å². The van der Waals surface area contributed by atoms with Gasteiger partial charge in [-0.3, -0.25) is 9.10 Å². The van der Waals surface area contributed by atoms with Crippen molar-refractivity contribution in [2.45, 2.75) is 13.5 Å². The summed E-state index contributed by atoms with van der Waals surface area (Å²) in [5, 5.41) is 2.69. The molecule has 162 valence electrons. The average molecular weight is 443 g/mol. The number of sulfonamides is 1.